The number of pyridine rings is 1. The Kier molecular flexibility index (Phi) is 9.03. The Morgan fingerprint density at radius 1 is 1.09 bits per heavy atom. The molecule has 8 nitrogen and oxygen atoms in total. The molecule has 0 aliphatic carbocycles. The molecule has 3 atom stereocenters. The highest BCUT2D eigenvalue weighted by Crippen LogP contribution is 2.41. The maximum absolute atomic E-state index is 13.5. The van der Waals surface area contributed by atoms with Crippen LogP contribution >= 0.6 is 0 Å². The predicted molar refractivity (Wildman–Crippen MR) is 181 cm³/mol. The number of carbonyl (C=O) groups is 2. The lowest BCUT2D eigenvalue weighted by Gasteiger charge is -2.34. The molecule has 1 amide bonds. The SMILES string of the molecule is CCn1c(-c2cccnc2[C@H](C)OC)c2c3cc(ccc31)-c1cccc(c1)C[C@H](N)C(=O)N1CCC[C@@H](CC(=O)OC(C)(C)C2)C1. The van der Waals surface area contributed by atoms with Crippen LogP contribution in [-0.4, -0.2) is 58.2 Å². The number of ether oxygens (including phenoxy) is 2. The molecule has 2 aromatic carbocycles. The summed E-state index contributed by atoms with van der Waals surface area (Å²) < 4.78 is 14.4. The van der Waals surface area contributed by atoms with Crippen LogP contribution in [0.2, 0.25) is 0 Å². The molecule has 4 aromatic rings. The number of aromatic nitrogens is 2. The van der Waals surface area contributed by atoms with Crippen molar-refractivity contribution in [1.82, 2.24) is 14.5 Å². The lowest BCUT2D eigenvalue weighted by atomic mass is 9.90. The molecular weight excluding hydrogens is 576 g/mol. The third kappa shape index (κ3) is 6.33. The molecule has 0 spiro atoms. The topological polar surface area (TPSA) is 99.7 Å². The standard InChI is InChI=1S/C38H46N4O4/c1-6-42-33-15-14-28-21-30(33)31(36(42)29-13-8-16-40-35(29)24(2)45-5)22-38(3,4)46-34(43)20-26-11-9-17-41(23-26)37(44)32(39)19-25-10-7-12-27(28)18-25/h7-8,10,12-16,18,21,24,26,32H,6,9,11,17,19-20,22-23,39H2,1-5H3/t24-,26-,32-/m0/s1. The molecule has 2 aliphatic rings. The second kappa shape index (κ2) is 13.0. The van der Waals surface area contributed by atoms with Crippen LogP contribution in [0, 0.1) is 5.92 Å². The summed E-state index contributed by atoms with van der Waals surface area (Å²) in [7, 11) is 1.70. The van der Waals surface area contributed by atoms with Gasteiger partial charge in [-0.2, -0.15) is 0 Å². The number of aryl methyl sites for hydroxylation is 1. The average molecular weight is 623 g/mol. The summed E-state index contributed by atoms with van der Waals surface area (Å²) in [5, 5.41) is 1.11. The highest BCUT2D eigenvalue weighted by Gasteiger charge is 2.33. The molecular formula is C38H46N4O4. The fourth-order valence-corrected chi connectivity index (χ4v) is 7.41. The van der Waals surface area contributed by atoms with Crippen molar-refractivity contribution in [2.45, 2.75) is 84.1 Å². The molecule has 0 saturated carbocycles. The summed E-state index contributed by atoms with van der Waals surface area (Å²) in [4.78, 5) is 33.5. The Balaban J connectivity index is 1.55. The maximum atomic E-state index is 13.5. The lowest BCUT2D eigenvalue weighted by Crippen LogP contribution is -2.49. The lowest BCUT2D eigenvalue weighted by molar-refractivity contribution is -0.158. The van der Waals surface area contributed by atoms with Crippen LogP contribution in [0.5, 0.6) is 0 Å². The van der Waals surface area contributed by atoms with Crippen LogP contribution in [0.15, 0.2) is 60.8 Å². The molecule has 8 heteroatoms. The fraction of sp³-hybridized carbons (Fsp3) is 0.447. The van der Waals surface area contributed by atoms with Crippen molar-refractivity contribution in [2.24, 2.45) is 11.7 Å². The van der Waals surface area contributed by atoms with E-state index in [1.54, 1.807) is 7.11 Å². The number of hydrogen-bond acceptors (Lipinski definition) is 6. The van der Waals surface area contributed by atoms with Crippen LogP contribution in [-0.2, 0) is 38.4 Å². The minimum atomic E-state index is -0.790. The largest absolute Gasteiger partial charge is 0.459 e. The van der Waals surface area contributed by atoms with E-state index in [4.69, 9.17) is 20.2 Å². The van der Waals surface area contributed by atoms with E-state index in [-0.39, 0.29) is 30.3 Å². The normalized spacial score (nSPS) is 21.1. The number of benzene rings is 2. The summed E-state index contributed by atoms with van der Waals surface area (Å²) in [5.74, 6) is -0.243. The summed E-state index contributed by atoms with van der Waals surface area (Å²) >= 11 is 0. The highest BCUT2D eigenvalue weighted by atomic mass is 16.6. The zero-order valence-corrected chi connectivity index (χ0v) is 27.7. The molecule has 0 radical (unpaired) electrons. The third-order valence-corrected chi connectivity index (χ3v) is 9.63. The molecule has 6 rings (SSSR count). The summed E-state index contributed by atoms with van der Waals surface area (Å²) in [6.45, 7) is 10.1. The van der Waals surface area contributed by atoms with Crippen molar-refractivity contribution in [1.29, 1.82) is 0 Å². The predicted octanol–water partition coefficient (Wildman–Crippen LogP) is 6.47. The molecule has 4 heterocycles. The number of rotatable bonds is 4. The maximum Gasteiger partial charge on any atom is 0.306 e. The average Bonchev–Trinajstić information content (AvgIpc) is 3.34. The van der Waals surface area contributed by atoms with Crippen molar-refractivity contribution in [3.05, 3.63) is 77.6 Å². The first-order valence-electron chi connectivity index (χ1n) is 16.6. The van der Waals surface area contributed by atoms with Crippen LogP contribution in [0.1, 0.15) is 69.9 Å². The number of esters is 1. The van der Waals surface area contributed by atoms with Gasteiger partial charge in [-0.15, -0.1) is 0 Å². The molecule has 46 heavy (non-hydrogen) atoms. The molecule has 1 saturated heterocycles. The highest BCUT2D eigenvalue weighted by molar-refractivity contribution is 5.95. The van der Waals surface area contributed by atoms with Gasteiger partial charge >= 0.3 is 5.97 Å². The van der Waals surface area contributed by atoms with Crippen molar-refractivity contribution in [2.75, 3.05) is 20.2 Å². The number of carbonyl (C=O) groups excluding carboxylic acids is 2. The van der Waals surface area contributed by atoms with Gasteiger partial charge in [-0.25, -0.2) is 0 Å². The van der Waals surface area contributed by atoms with E-state index in [0.717, 1.165) is 69.5 Å². The minimum Gasteiger partial charge on any atom is -0.459 e. The Hall–Kier alpha value is -4.01. The summed E-state index contributed by atoms with van der Waals surface area (Å²) in [6.07, 6.45) is 4.58. The number of nitrogens with two attached hydrogens (primary N) is 1. The molecule has 6 bridgehead atoms. The first kappa shape index (κ1) is 32.0. The van der Waals surface area contributed by atoms with E-state index in [0.29, 0.717) is 25.9 Å². The van der Waals surface area contributed by atoms with Crippen molar-refractivity contribution >= 4 is 22.8 Å². The Morgan fingerprint density at radius 3 is 2.67 bits per heavy atom. The zero-order valence-electron chi connectivity index (χ0n) is 27.7. The Bertz CT molecular complexity index is 1760. The molecule has 0 unspecified atom stereocenters. The van der Waals surface area contributed by atoms with E-state index >= 15 is 0 Å². The van der Waals surface area contributed by atoms with Crippen LogP contribution in [0.3, 0.4) is 0 Å². The van der Waals surface area contributed by atoms with E-state index < -0.39 is 11.6 Å². The van der Waals surface area contributed by atoms with Crippen LogP contribution in [0.25, 0.3) is 33.3 Å². The molecule has 2 aromatic heterocycles. The van der Waals surface area contributed by atoms with Gasteiger partial charge < -0.3 is 24.7 Å². The number of methoxy groups -OCH3 is 1. The minimum absolute atomic E-state index is 0.0454. The number of piperidine rings is 1. The van der Waals surface area contributed by atoms with Gasteiger partial charge in [0, 0.05) is 55.8 Å². The molecule has 2 aliphatic heterocycles. The van der Waals surface area contributed by atoms with E-state index in [9.17, 15) is 9.59 Å². The quantitative estimate of drug-likeness (QED) is 0.262. The Labute approximate surface area is 271 Å². The van der Waals surface area contributed by atoms with Crippen LogP contribution < -0.4 is 5.73 Å². The number of amides is 1. The number of hydrogen-bond donors (Lipinski definition) is 1. The summed E-state index contributed by atoms with van der Waals surface area (Å²) in [5.41, 5.74) is 14.1. The van der Waals surface area contributed by atoms with Gasteiger partial charge in [0.05, 0.1) is 30.0 Å². The zero-order chi connectivity index (χ0) is 32.6. The molecule has 242 valence electrons. The first-order chi connectivity index (χ1) is 22.1. The van der Waals surface area contributed by atoms with Gasteiger partial charge in [-0.3, -0.25) is 14.6 Å². The van der Waals surface area contributed by atoms with E-state index in [1.807, 2.05) is 50.1 Å². The fourth-order valence-electron chi connectivity index (χ4n) is 7.41. The van der Waals surface area contributed by atoms with Crippen molar-refractivity contribution in [3.8, 4) is 22.4 Å². The van der Waals surface area contributed by atoms with Gasteiger partial charge in [0.15, 0.2) is 0 Å². The number of fused-ring (bicyclic) bond motifs is 6. The smallest absolute Gasteiger partial charge is 0.306 e. The van der Waals surface area contributed by atoms with Gasteiger partial charge in [0.1, 0.15) is 5.60 Å². The monoisotopic (exact) mass is 622 g/mol. The van der Waals surface area contributed by atoms with E-state index in [2.05, 4.69) is 47.9 Å². The second-order valence-electron chi connectivity index (χ2n) is 13.5. The van der Waals surface area contributed by atoms with Crippen molar-refractivity contribution in [3.63, 3.8) is 0 Å². The van der Waals surface area contributed by atoms with E-state index in [1.165, 1.54) is 0 Å². The van der Waals surface area contributed by atoms with Gasteiger partial charge in [-0.05, 0) is 99.4 Å². The number of cyclic esters (lactones) is 1. The second-order valence-corrected chi connectivity index (χ2v) is 13.5. The molecule has 1 fully saturated rings. The summed E-state index contributed by atoms with van der Waals surface area (Å²) in [6, 6.07) is 18.4. The molecule has 2 N–H and O–H groups in total. The number of nitrogens with zero attached hydrogens (tertiary/aromatic N) is 3. The third-order valence-electron chi connectivity index (χ3n) is 9.63. The van der Waals surface area contributed by atoms with Gasteiger partial charge in [0.2, 0.25) is 5.91 Å². The Morgan fingerprint density at radius 2 is 1.89 bits per heavy atom. The van der Waals surface area contributed by atoms with Crippen LogP contribution in [0.4, 0.5) is 0 Å². The first-order valence-corrected chi connectivity index (χ1v) is 16.6. The van der Waals surface area contributed by atoms with Crippen molar-refractivity contribution < 1.29 is 19.1 Å². The van der Waals surface area contributed by atoms with Gasteiger partial charge in [0.25, 0.3) is 0 Å². The van der Waals surface area contributed by atoms with Gasteiger partial charge in [-0.1, -0.05) is 30.3 Å².